The fourth-order valence-electron chi connectivity index (χ4n) is 4.12. The number of hydrogen-bond acceptors (Lipinski definition) is 2. The van der Waals surface area contributed by atoms with Crippen molar-refractivity contribution in [3.8, 4) is 0 Å². The smallest absolute Gasteiger partial charge is 0.264 e. The molecule has 0 fully saturated rings. The topological polar surface area (TPSA) is 41.8 Å². The van der Waals surface area contributed by atoms with Gasteiger partial charge in [0.1, 0.15) is 5.69 Å². The highest BCUT2D eigenvalue weighted by atomic mass is 35.5. The summed E-state index contributed by atoms with van der Waals surface area (Å²) >= 11 is 5.98. The second kappa shape index (κ2) is 8.87. The SMILES string of the molecule is CC[NH+](CC)c1ccc(C2c3ccccc3C=CN2S(=O)(=O)c2ccc(Cl)cc2)cc1. The second-order valence-corrected chi connectivity index (χ2v) is 9.85. The molecule has 4 nitrogen and oxygen atoms in total. The van der Waals surface area contributed by atoms with E-state index in [1.165, 1.54) is 14.9 Å². The summed E-state index contributed by atoms with van der Waals surface area (Å²) in [4.78, 5) is 1.61. The predicted octanol–water partition coefficient (Wildman–Crippen LogP) is 4.66. The lowest BCUT2D eigenvalue weighted by atomic mass is 9.92. The van der Waals surface area contributed by atoms with E-state index in [1.54, 1.807) is 30.5 Å². The molecule has 1 unspecified atom stereocenters. The van der Waals surface area contributed by atoms with Crippen molar-refractivity contribution in [1.29, 1.82) is 0 Å². The van der Waals surface area contributed by atoms with Crippen LogP contribution in [0.3, 0.4) is 0 Å². The van der Waals surface area contributed by atoms with Gasteiger partial charge >= 0.3 is 0 Å². The van der Waals surface area contributed by atoms with E-state index in [0.717, 1.165) is 29.8 Å². The molecule has 0 saturated carbocycles. The van der Waals surface area contributed by atoms with Gasteiger partial charge in [-0.3, -0.25) is 4.31 Å². The Balaban J connectivity index is 1.81. The Hall–Kier alpha value is -2.60. The van der Waals surface area contributed by atoms with Crippen LogP contribution in [0.15, 0.2) is 83.9 Å². The van der Waals surface area contributed by atoms with Crippen molar-refractivity contribution in [2.75, 3.05) is 13.1 Å². The fourth-order valence-corrected chi connectivity index (χ4v) is 5.70. The van der Waals surface area contributed by atoms with Crippen LogP contribution >= 0.6 is 11.6 Å². The van der Waals surface area contributed by atoms with Crippen LogP contribution in [0, 0.1) is 0 Å². The van der Waals surface area contributed by atoms with Crippen LogP contribution in [0.5, 0.6) is 0 Å². The Kier molecular flexibility index (Phi) is 6.19. The van der Waals surface area contributed by atoms with E-state index in [2.05, 4.69) is 26.0 Å². The van der Waals surface area contributed by atoms with Crippen LogP contribution in [-0.2, 0) is 10.0 Å². The Morgan fingerprint density at radius 2 is 1.55 bits per heavy atom. The van der Waals surface area contributed by atoms with Crippen LogP contribution < -0.4 is 4.90 Å². The average Bonchev–Trinajstić information content (AvgIpc) is 2.80. The molecule has 0 aliphatic carbocycles. The van der Waals surface area contributed by atoms with Crippen molar-refractivity contribution in [2.45, 2.75) is 24.8 Å². The molecule has 4 rings (SSSR count). The molecule has 1 aliphatic rings. The molecule has 3 aromatic carbocycles. The van der Waals surface area contributed by atoms with E-state index in [-0.39, 0.29) is 4.90 Å². The standard InChI is InChI=1S/C25H25ClN2O2S/c1-3-27(4-2)22-13-9-20(10-14-22)25-24-8-6-5-7-19(24)17-18-28(25)31(29,30)23-15-11-21(26)12-16-23/h5-18,25H,3-4H2,1-2H3/p+1. The maximum atomic E-state index is 13.6. The lowest BCUT2D eigenvalue weighted by Crippen LogP contribution is -3.06. The molecule has 0 amide bonds. The van der Waals surface area contributed by atoms with Gasteiger partial charge in [0.05, 0.1) is 24.0 Å². The zero-order chi connectivity index (χ0) is 22.0. The minimum atomic E-state index is -3.77. The molecular weight excluding hydrogens is 428 g/mol. The van der Waals surface area contributed by atoms with Gasteiger partial charge in [-0.25, -0.2) is 8.42 Å². The van der Waals surface area contributed by atoms with Gasteiger partial charge in [0.2, 0.25) is 0 Å². The predicted molar refractivity (Wildman–Crippen MR) is 126 cm³/mol. The van der Waals surface area contributed by atoms with E-state index in [1.807, 2.05) is 42.5 Å². The minimum absolute atomic E-state index is 0.218. The lowest BCUT2D eigenvalue weighted by Gasteiger charge is -2.34. The highest BCUT2D eigenvalue weighted by Crippen LogP contribution is 2.39. The molecule has 0 radical (unpaired) electrons. The Labute approximate surface area is 189 Å². The molecule has 6 heteroatoms. The van der Waals surface area contributed by atoms with Gasteiger partial charge in [-0.15, -0.1) is 0 Å². The van der Waals surface area contributed by atoms with Crippen LogP contribution in [-0.4, -0.2) is 25.8 Å². The van der Waals surface area contributed by atoms with Crippen LogP contribution in [0.25, 0.3) is 6.08 Å². The van der Waals surface area contributed by atoms with Gasteiger partial charge in [0.25, 0.3) is 10.0 Å². The molecule has 160 valence electrons. The van der Waals surface area contributed by atoms with E-state index >= 15 is 0 Å². The molecular formula is C25H26ClN2O2S+. The van der Waals surface area contributed by atoms with Crippen molar-refractivity contribution in [3.63, 3.8) is 0 Å². The van der Waals surface area contributed by atoms with Crippen molar-refractivity contribution >= 4 is 33.4 Å². The molecule has 0 bridgehead atoms. The number of rotatable bonds is 6. The molecule has 0 saturated heterocycles. The first-order valence-electron chi connectivity index (χ1n) is 10.5. The van der Waals surface area contributed by atoms with Crippen LogP contribution in [0.2, 0.25) is 5.02 Å². The third-order valence-electron chi connectivity index (χ3n) is 5.82. The summed E-state index contributed by atoms with van der Waals surface area (Å²) in [5.74, 6) is 0. The molecule has 1 aliphatic heterocycles. The highest BCUT2D eigenvalue weighted by Gasteiger charge is 2.34. The Bertz CT molecular complexity index is 1180. The number of sulfonamides is 1. The normalized spacial score (nSPS) is 15.9. The Morgan fingerprint density at radius 1 is 0.903 bits per heavy atom. The van der Waals surface area contributed by atoms with Crippen molar-refractivity contribution in [1.82, 2.24) is 4.31 Å². The zero-order valence-electron chi connectivity index (χ0n) is 17.6. The summed E-state index contributed by atoms with van der Waals surface area (Å²) in [6.07, 6.45) is 3.52. The number of benzene rings is 3. The van der Waals surface area contributed by atoms with Crippen molar-refractivity contribution < 1.29 is 13.3 Å². The lowest BCUT2D eigenvalue weighted by molar-refractivity contribution is -0.828. The first-order chi connectivity index (χ1) is 15.0. The molecule has 3 aromatic rings. The zero-order valence-corrected chi connectivity index (χ0v) is 19.2. The average molecular weight is 454 g/mol. The molecule has 1 atom stereocenters. The molecule has 1 N–H and O–H groups in total. The molecule has 1 heterocycles. The van der Waals surface area contributed by atoms with Crippen molar-refractivity contribution in [2.24, 2.45) is 0 Å². The van der Waals surface area contributed by atoms with E-state index in [0.29, 0.717) is 5.02 Å². The second-order valence-electron chi connectivity index (χ2n) is 7.57. The van der Waals surface area contributed by atoms with E-state index in [9.17, 15) is 8.42 Å². The van der Waals surface area contributed by atoms with Gasteiger partial charge in [0.15, 0.2) is 0 Å². The summed E-state index contributed by atoms with van der Waals surface area (Å²) in [7, 11) is -3.77. The summed E-state index contributed by atoms with van der Waals surface area (Å²) in [5, 5.41) is 0.504. The molecule has 0 aromatic heterocycles. The highest BCUT2D eigenvalue weighted by molar-refractivity contribution is 7.89. The van der Waals surface area contributed by atoms with E-state index < -0.39 is 16.1 Å². The first kappa shape index (κ1) is 21.6. The number of halogens is 1. The maximum absolute atomic E-state index is 13.6. The number of nitrogens with zero attached hydrogens (tertiary/aromatic N) is 1. The third-order valence-corrected chi connectivity index (χ3v) is 7.83. The third kappa shape index (κ3) is 4.13. The summed E-state index contributed by atoms with van der Waals surface area (Å²) in [5.41, 5.74) is 4.13. The number of quaternary nitrogens is 1. The fraction of sp³-hybridized carbons (Fsp3) is 0.200. The summed E-state index contributed by atoms with van der Waals surface area (Å²) < 4.78 is 28.6. The van der Waals surface area contributed by atoms with E-state index in [4.69, 9.17) is 11.6 Å². The van der Waals surface area contributed by atoms with Gasteiger partial charge in [-0.05, 0) is 73.0 Å². The number of hydrogen-bond donors (Lipinski definition) is 1. The first-order valence-corrected chi connectivity index (χ1v) is 12.3. The van der Waals surface area contributed by atoms with Crippen molar-refractivity contribution in [3.05, 3.63) is 101 Å². The maximum Gasteiger partial charge on any atom is 0.264 e. The number of fused-ring (bicyclic) bond motifs is 1. The minimum Gasteiger partial charge on any atom is -0.303 e. The van der Waals surface area contributed by atoms with Gasteiger partial charge in [-0.2, -0.15) is 0 Å². The summed E-state index contributed by atoms with van der Waals surface area (Å²) in [6.45, 7) is 6.33. The van der Waals surface area contributed by atoms with Gasteiger partial charge in [0, 0.05) is 11.2 Å². The van der Waals surface area contributed by atoms with Gasteiger partial charge < -0.3 is 4.90 Å². The van der Waals surface area contributed by atoms with Gasteiger partial charge in [-0.1, -0.05) is 48.0 Å². The van der Waals surface area contributed by atoms with Crippen LogP contribution in [0.1, 0.15) is 36.6 Å². The number of nitrogens with one attached hydrogen (secondary N) is 1. The Morgan fingerprint density at radius 3 is 2.19 bits per heavy atom. The molecule has 0 spiro atoms. The monoisotopic (exact) mass is 453 g/mol. The summed E-state index contributed by atoms with van der Waals surface area (Å²) in [6, 6.07) is 22.1. The quantitative estimate of drug-likeness (QED) is 0.589. The van der Waals surface area contributed by atoms with Crippen LogP contribution in [0.4, 0.5) is 5.69 Å². The molecule has 31 heavy (non-hydrogen) atoms. The largest absolute Gasteiger partial charge is 0.303 e.